The number of rotatable bonds is 16. The number of hydrogen-bond donors (Lipinski definition) is 2. The van der Waals surface area contributed by atoms with E-state index in [9.17, 15) is 14.7 Å². The van der Waals surface area contributed by atoms with Gasteiger partial charge in [0, 0.05) is 34.6 Å². The van der Waals surface area contributed by atoms with Gasteiger partial charge < -0.3 is 26.1 Å². The molecule has 0 saturated carbocycles. The second-order valence-corrected chi connectivity index (χ2v) is 13.3. The molecular formula is C34H78LiN8O5PS. The number of aliphatic hydroxyl groups excluding tert-OH is 1. The van der Waals surface area contributed by atoms with E-state index in [2.05, 4.69) is 48.4 Å². The molecule has 3 rings (SSSR count). The minimum Gasteiger partial charge on any atom is -1.00 e. The third-order valence-corrected chi connectivity index (χ3v) is 10.1. The Morgan fingerprint density at radius 2 is 1.48 bits per heavy atom. The maximum absolute atomic E-state index is 13.3. The van der Waals surface area contributed by atoms with E-state index in [-0.39, 0.29) is 75.4 Å². The molecule has 0 amide bonds. The fourth-order valence-electron chi connectivity index (χ4n) is 4.70. The van der Waals surface area contributed by atoms with Crippen LogP contribution < -0.4 is 18.9 Å². The Morgan fingerprint density at radius 1 is 0.960 bits per heavy atom. The molecule has 2 aromatic heterocycles. The molecule has 1 fully saturated rings. The Labute approximate surface area is 328 Å². The number of nitrogens with zero attached hydrogens (tertiary/aromatic N) is 8. The standard InChI is InChI=1S/C13H24N5O4P.C10H23N.C6H10N2O.CH4S.4CH4.Li.H/c1-4-6-16-8-9-17(7-5-2)23(16,21)22-11-12-10-14-13(15(12)3)18(19)20;1-4-6-7-8-10-11(3)9-5-2;1-5-7-3-6(4-9)8(5)2;1-2;;;;;;/h10H,4-9,11H2,1-3H3;4-10H2,1-3H3;3,9H,4H2,1-2H3;2H,1H3;4*1H4;;/q;;;;;;;;+1;-1/i;;;1D;;;;;;. The maximum Gasteiger partial charge on any atom is 1.00 e. The molecule has 13 nitrogen and oxygen atoms in total. The summed E-state index contributed by atoms with van der Waals surface area (Å²) in [7, 11) is 2.59. The summed E-state index contributed by atoms with van der Waals surface area (Å²) in [5.74, 6) is 0.684. The molecule has 0 spiro atoms. The van der Waals surface area contributed by atoms with Crippen molar-refractivity contribution in [3.05, 3.63) is 39.7 Å². The van der Waals surface area contributed by atoms with Crippen molar-refractivity contribution in [2.24, 2.45) is 14.1 Å². The monoisotopic (exact) mass is 750 g/mol. The third kappa shape index (κ3) is 20.7. The summed E-state index contributed by atoms with van der Waals surface area (Å²) >= 11 is 3.46. The van der Waals surface area contributed by atoms with E-state index in [1.54, 1.807) is 13.2 Å². The predicted molar refractivity (Wildman–Crippen MR) is 215 cm³/mol. The molecule has 0 radical (unpaired) electrons. The number of thiol groups is 1. The molecule has 1 saturated heterocycles. The molecule has 0 unspecified atom stereocenters. The Bertz CT molecular complexity index is 1140. The molecule has 1 aliphatic heterocycles. The van der Waals surface area contributed by atoms with Crippen LogP contribution in [0.3, 0.4) is 0 Å². The van der Waals surface area contributed by atoms with E-state index in [0.29, 0.717) is 18.8 Å². The van der Waals surface area contributed by atoms with Crippen LogP contribution in [0.25, 0.3) is 0 Å². The van der Waals surface area contributed by atoms with Crippen molar-refractivity contribution in [3.8, 4) is 0 Å². The topological polar surface area (TPSA) is 135 Å². The van der Waals surface area contributed by atoms with Gasteiger partial charge in [0.15, 0.2) is 0 Å². The van der Waals surface area contributed by atoms with Gasteiger partial charge in [0.2, 0.25) is 0 Å². The Morgan fingerprint density at radius 3 is 1.84 bits per heavy atom. The molecule has 1 N–H and O–H groups in total. The summed E-state index contributed by atoms with van der Waals surface area (Å²) in [6.07, 6.45) is 11.9. The molecule has 0 aromatic carbocycles. The molecule has 0 aliphatic carbocycles. The number of aryl methyl sites for hydroxylation is 1. The molecule has 296 valence electrons. The number of imidazole rings is 2. The van der Waals surface area contributed by atoms with Gasteiger partial charge in [-0.25, -0.2) is 18.9 Å². The van der Waals surface area contributed by atoms with Gasteiger partial charge in [-0.3, -0.25) is 9.09 Å². The van der Waals surface area contributed by atoms with E-state index < -0.39 is 12.6 Å². The maximum atomic E-state index is 13.3. The van der Waals surface area contributed by atoms with Crippen LogP contribution in [0.4, 0.5) is 5.95 Å². The molecular weight excluding hydrogens is 670 g/mol. The smallest absolute Gasteiger partial charge is 1.00 e. The van der Waals surface area contributed by atoms with E-state index in [1.165, 1.54) is 56.0 Å². The Kier molecular flexibility index (Phi) is 40.5. The fraction of sp³-hybridized carbons (Fsp3) is 0.824. The zero-order chi connectivity index (χ0) is 35.1. The molecule has 0 atom stereocenters. The predicted octanol–water partition coefficient (Wildman–Crippen LogP) is 5.73. The summed E-state index contributed by atoms with van der Waals surface area (Å²) in [4.78, 5) is 20.5. The van der Waals surface area contributed by atoms with Gasteiger partial charge in [-0.15, -0.1) is 0 Å². The van der Waals surface area contributed by atoms with Gasteiger partial charge in [-0.2, -0.15) is 12.6 Å². The van der Waals surface area contributed by atoms with Crippen LogP contribution in [0.1, 0.15) is 122 Å². The largest absolute Gasteiger partial charge is 1.00 e. The van der Waals surface area contributed by atoms with Gasteiger partial charge in [-0.1, -0.05) is 81.6 Å². The van der Waals surface area contributed by atoms with E-state index >= 15 is 0 Å². The Balaban J connectivity index is -0.000000119. The SMILES string of the molecule is C.C.C.C.CCCCCCN(C)CCC.CCCN1CCN(CCC)P1(=O)OCc1cnc([N+](=O)[O-])n1C.Cc1ncc(CO)n1C.[2H]CS.[H-].[Li+]. The quantitative estimate of drug-likeness (QED) is 0.0548. The van der Waals surface area contributed by atoms with Crippen molar-refractivity contribution in [1.82, 2.24) is 33.3 Å². The normalized spacial score (nSPS) is 13.1. The van der Waals surface area contributed by atoms with Crippen molar-refractivity contribution in [3.63, 3.8) is 0 Å². The molecule has 1 aliphatic rings. The van der Waals surface area contributed by atoms with E-state index in [1.807, 2.05) is 41.7 Å². The first kappa shape index (κ1) is 58.1. The van der Waals surface area contributed by atoms with E-state index in [4.69, 9.17) is 11.0 Å². The summed E-state index contributed by atoms with van der Waals surface area (Å²) < 4.78 is 32.2. The van der Waals surface area contributed by atoms with Crippen LogP contribution >= 0.6 is 20.3 Å². The molecule has 50 heavy (non-hydrogen) atoms. The van der Waals surface area contributed by atoms with Crippen molar-refractivity contribution >= 4 is 26.2 Å². The first-order chi connectivity index (χ1) is 21.9. The fourth-order valence-corrected chi connectivity index (χ4v) is 7.28. The summed E-state index contributed by atoms with van der Waals surface area (Å²) in [5.41, 5.74) is 1.39. The van der Waals surface area contributed by atoms with Crippen LogP contribution in [0.2, 0.25) is 0 Å². The summed E-state index contributed by atoms with van der Waals surface area (Å²) in [6, 6.07) is 0. The van der Waals surface area contributed by atoms with Gasteiger partial charge in [0.1, 0.15) is 24.3 Å². The second-order valence-electron chi connectivity index (χ2n) is 10.9. The molecule has 3 heterocycles. The summed E-state index contributed by atoms with van der Waals surface area (Å²) in [5, 5.41) is 19.5. The first-order valence-corrected chi connectivity index (χ1v) is 18.1. The first-order valence-electron chi connectivity index (χ1n) is 16.7. The molecule has 0 bridgehead atoms. The minimum atomic E-state index is -3.07. The average Bonchev–Trinajstić information content (AvgIpc) is 3.66. The van der Waals surface area contributed by atoms with Crippen LogP contribution in [-0.4, -0.2) is 95.9 Å². The number of nitro groups is 1. The Hall–Kier alpha value is -1.20. The van der Waals surface area contributed by atoms with Crippen LogP contribution in [0.15, 0.2) is 12.4 Å². The zero-order valence-electron chi connectivity index (χ0n) is 32.0. The van der Waals surface area contributed by atoms with Crippen molar-refractivity contribution < 1.29 is 40.8 Å². The number of hydrogen-bond acceptors (Lipinski definition) is 9. The second kappa shape index (κ2) is 34.9. The van der Waals surface area contributed by atoms with Crippen LogP contribution in [0, 0.1) is 17.0 Å². The van der Waals surface area contributed by atoms with Gasteiger partial charge in [0.05, 0.1) is 25.5 Å². The summed E-state index contributed by atoms with van der Waals surface area (Å²) in [6.45, 7) is 16.0. The average molecular weight is 750 g/mol. The van der Waals surface area contributed by atoms with Gasteiger partial charge >= 0.3 is 32.5 Å². The number of unbranched alkanes of at least 4 members (excludes halogenated alkanes) is 3. The van der Waals surface area contributed by atoms with Crippen molar-refractivity contribution in [2.75, 3.05) is 52.5 Å². The number of aliphatic hydroxyl groups is 1. The number of aromatic nitrogens is 4. The van der Waals surface area contributed by atoms with Crippen LogP contribution in [0.5, 0.6) is 0 Å². The van der Waals surface area contributed by atoms with E-state index in [0.717, 1.165) is 37.4 Å². The van der Waals surface area contributed by atoms with Crippen molar-refractivity contribution in [1.29, 1.82) is 0 Å². The van der Waals surface area contributed by atoms with Crippen molar-refractivity contribution in [2.45, 2.75) is 122 Å². The zero-order valence-corrected chi connectivity index (χ0v) is 31.8. The molecule has 16 heteroatoms. The minimum absolute atomic E-state index is 0. The molecule has 2 aromatic rings. The van der Waals surface area contributed by atoms with Gasteiger partial charge in [0.25, 0.3) is 0 Å². The van der Waals surface area contributed by atoms with Crippen LogP contribution in [-0.2, 0) is 36.4 Å². The third-order valence-electron chi connectivity index (χ3n) is 7.38. The van der Waals surface area contributed by atoms with Gasteiger partial charge in [-0.05, 0) is 63.9 Å².